The number of halogens is 2. The van der Waals surface area contributed by atoms with Gasteiger partial charge in [0, 0.05) is 17.6 Å². The number of hydrogen-bond donors (Lipinski definition) is 0. The van der Waals surface area contributed by atoms with Crippen molar-refractivity contribution in [2.24, 2.45) is 0 Å². The molecular formula is C20H14ClFN4O2. The van der Waals surface area contributed by atoms with E-state index >= 15 is 0 Å². The van der Waals surface area contributed by atoms with Crippen molar-refractivity contribution in [2.45, 2.75) is 13.8 Å². The van der Waals surface area contributed by atoms with E-state index in [1.165, 1.54) is 29.2 Å². The van der Waals surface area contributed by atoms with Gasteiger partial charge >= 0.3 is 0 Å². The topological polar surface area (TPSA) is 69.9 Å². The largest absolute Gasteiger partial charge is 0.454 e. The summed E-state index contributed by atoms with van der Waals surface area (Å²) in [6.07, 6.45) is 3.48. The Bertz CT molecular complexity index is 1200. The smallest absolute Gasteiger partial charge is 0.252 e. The molecule has 28 heavy (non-hydrogen) atoms. The van der Waals surface area contributed by atoms with E-state index in [9.17, 15) is 9.18 Å². The number of carbonyl (C=O) groups excluding carboxylic acids is 1. The summed E-state index contributed by atoms with van der Waals surface area (Å²) >= 11 is 6.30. The second-order valence-electron chi connectivity index (χ2n) is 6.27. The van der Waals surface area contributed by atoms with Crippen molar-refractivity contribution in [1.29, 1.82) is 0 Å². The predicted molar refractivity (Wildman–Crippen MR) is 103 cm³/mol. The maximum atomic E-state index is 14.7. The highest BCUT2D eigenvalue weighted by molar-refractivity contribution is 6.34. The third kappa shape index (κ3) is 3.20. The molecule has 4 rings (SSSR count). The number of aryl methyl sites for hydroxylation is 2. The Hall–Kier alpha value is -3.32. The van der Waals surface area contributed by atoms with Crippen LogP contribution in [0.3, 0.4) is 0 Å². The number of aromatic nitrogens is 4. The van der Waals surface area contributed by atoms with Gasteiger partial charge in [-0.1, -0.05) is 29.8 Å². The molecule has 6 nitrogen and oxygen atoms in total. The lowest BCUT2D eigenvalue weighted by atomic mass is 10.1. The molecule has 140 valence electrons. The van der Waals surface area contributed by atoms with Gasteiger partial charge in [0.1, 0.15) is 10.9 Å². The highest BCUT2D eigenvalue weighted by Gasteiger charge is 2.15. The Kier molecular flexibility index (Phi) is 4.52. The van der Waals surface area contributed by atoms with Crippen LogP contribution in [0.5, 0.6) is 11.5 Å². The number of aldehydes is 1. The van der Waals surface area contributed by atoms with Gasteiger partial charge in [-0.25, -0.2) is 14.1 Å². The Morgan fingerprint density at radius 3 is 2.61 bits per heavy atom. The zero-order valence-electron chi connectivity index (χ0n) is 15.0. The lowest BCUT2D eigenvalue weighted by Crippen LogP contribution is -2.03. The van der Waals surface area contributed by atoms with Gasteiger partial charge in [-0.15, -0.1) is 0 Å². The quantitative estimate of drug-likeness (QED) is 0.365. The molecule has 2 aromatic heterocycles. The van der Waals surface area contributed by atoms with E-state index in [0.29, 0.717) is 28.5 Å². The van der Waals surface area contributed by atoms with Crippen LogP contribution in [0.2, 0.25) is 5.15 Å². The van der Waals surface area contributed by atoms with Gasteiger partial charge in [-0.3, -0.25) is 4.79 Å². The Morgan fingerprint density at radius 1 is 1.18 bits per heavy atom. The maximum Gasteiger partial charge on any atom is 0.252 e. The number of fused-ring (bicyclic) bond motifs is 1. The first-order chi connectivity index (χ1) is 13.5. The van der Waals surface area contributed by atoms with Crippen LogP contribution in [0.15, 0.2) is 42.7 Å². The van der Waals surface area contributed by atoms with E-state index in [1.807, 2.05) is 32.0 Å². The molecule has 0 atom stereocenters. The van der Waals surface area contributed by atoms with Crippen LogP contribution in [0.25, 0.3) is 16.9 Å². The SMILES string of the molecule is Cc1cccc(C)c1Oc1cc2c(Cl)nc(-n3cc(C=O)cn3)nc2cc1F. The average molecular weight is 397 g/mol. The minimum atomic E-state index is -0.579. The van der Waals surface area contributed by atoms with Gasteiger partial charge in [0.25, 0.3) is 5.95 Å². The minimum Gasteiger partial charge on any atom is -0.454 e. The highest BCUT2D eigenvalue weighted by Crippen LogP contribution is 2.34. The second kappa shape index (κ2) is 7.01. The van der Waals surface area contributed by atoms with Crippen LogP contribution in [0.1, 0.15) is 21.5 Å². The number of benzene rings is 2. The normalized spacial score (nSPS) is 11.0. The highest BCUT2D eigenvalue weighted by atomic mass is 35.5. The third-order valence-corrected chi connectivity index (χ3v) is 4.54. The van der Waals surface area contributed by atoms with Crippen LogP contribution in [0.4, 0.5) is 4.39 Å². The fourth-order valence-electron chi connectivity index (χ4n) is 2.84. The molecule has 0 N–H and O–H groups in total. The fraction of sp³-hybridized carbons (Fsp3) is 0.100. The molecule has 0 radical (unpaired) electrons. The zero-order chi connectivity index (χ0) is 19.8. The van der Waals surface area contributed by atoms with Gasteiger partial charge in [-0.05, 0) is 31.0 Å². The number of hydrogen-bond acceptors (Lipinski definition) is 5. The van der Waals surface area contributed by atoms with E-state index in [2.05, 4.69) is 15.1 Å². The molecule has 0 amide bonds. The van der Waals surface area contributed by atoms with Crippen LogP contribution in [0, 0.1) is 19.7 Å². The van der Waals surface area contributed by atoms with E-state index in [1.54, 1.807) is 0 Å². The maximum absolute atomic E-state index is 14.7. The number of carbonyl (C=O) groups is 1. The summed E-state index contributed by atoms with van der Waals surface area (Å²) in [5.74, 6) is 0.177. The van der Waals surface area contributed by atoms with Gasteiger partial charge in [0.05, 0.1) is 17.3 Å². The molecule has 8 heteroatoms. The first-order valence-electron chi connectivity index (χ1n) is 8.37. The first-order valence-corrected chi connectivity index (χ1v) is 8.75. The Labute approximate surface area is 164 Å². The van der Waals surface area contributed by atoms with Gasteiger partial charge in [0.2, 0.25) is 0 Å². The van der Waals surface area contributed by atoms with Gasteiger partial charge in [0.15, 0.2) is 17.9 Å². The third-order valence-electron chi connectivity index (χ3n) is 4.26. The molecule has 0 aliphatic heterocycles. The van der Waals surface area contributed by atoms with Crippen molar-refractivity contribution in [3.8, 4) is 17.4 Å². The molecule has 2 aromatic carbocycles. The van der Waals surface area contributed by atoms with Crippen molar-refractivity contribution in [3.05, 3.63) is 70.4 Å². The molecule has 0 fully saturated rings. The number of para-hydroxylation sites is 1. The summed E-state index contributed by atoms with van der Waals surface area (Å²) in [6.45, 7) is 3.78. The standard InChI is InChI=1S/C20H14ClFN4O2/c1-11-4-3-5-12(2)18(11)28-17-6-14-16(7-15(17)22)24-20(25-19(14)21)26-9-13(10-27)8-23-26/h3-10H,1-2H3. The van der Waals surface area contributed by atoms with E-state index in [4.69, 9.17) is 16.3 Å². The number of rotatable bonds is 4. The molecule has 0 saturated heterocycles. The molecule has 0 spiro atoms. The fourth-order valence-corrected chi connectivity index (χ4v) is 3.07. The van der Waals surface area contributed by atoms with Crippen molar-refractivity contribution >= 4 is 28.8 Å². The van der Waals surface area contributed by atoms with Crippen molar-refractivity contribution < 1.29 is 13.9 Å². The summed E-state index contributed by atoms with van der Waals surface area (Å²) in [5.41, 5.74) is 2.44. The molecule has 0 aliphatic rings. The molecule has 0 unspecified atom stereocenters. The van der Waals surface area contributed by atoms with Crippen molar-refractivity contribution in [3.63, 3.8) is 0 Å². The van der Waals surface area contributed by atoms with Crippen LogP contribution in [-0.2, 0) is 0 Å². The lowest BCUT2D eigenvalue weighted by Gasteiger charge is -2.13. The van der Waals surface area contributed by atoms with E-state index in [-0.39, 0.29) is 16.9 Å². The molecule has 0 bridgehead atoms. The van der Waals surface area contributed by atoms with Crippen LogP contribution < -0.4 is 4.74 Å². The zero-order valence-corrected chi connectivity index (χ0v) is 15.7. The number of nitrogens with zero attached hydrogens (tertiary/aromatic N) is 4. The van der Waals surface area contributed by atoms with Crippen molar-refractivity contribution in [2.75, 3.05) is 0 Å². The van der Waals surface area contributed by atoms with Crippen molar-refractivity contribution in [1.82, 2.24) is 19.7 Å². The van der Waals surface area contributed by atoms with Gasteiger partial charge in [-0.2, -0.15) is 10.1 Å². The monoisotopic (exact) mass is 396 g/mol. The molecule has 2 heterocycles. The summed E-state index contributed by atoms with van der Waals surface area (Å²) in [5, 5.41) is 4.56. The lowest BCUT2D eigenvalue weighted by molar-refractivity contribution is 0.112. The molecule has 4 aromatic rings. The molecule has 0 aliphatic carbocycles. The summed E-state index contributed by atoms with van der Waals surface area (Å²) in [6, 6.07) is 8.40. The number of ether oxygens (including phenoxy) is 1. The molecule has 0 saturated carbocycles. The molecular weight excluding hydrogens is 383 g/mol. The summed E-state index contributed by atoms with van der Waals surface area (Å²) in [7, 11) is 0. The predicted octanol–water partition coefficient (Wildman–Crippen LogP) is 4.83. The van der Waals surface area contributed by atoms with Gasteiger partial charge < -0.3 is 4.74 Å². The van der Waals surface area contributed by atoms with E-state index < -0.39 is 5.82 Å². The first kappa shape index (κ1) is 18.1. The summed E-state index contributed by atoms with van der Waals surface area (Å²) < 4.78 is 21.8. The Morgan fingerprint density at radius 2 is 1.93 bits per heavy atom. The van der Waals surface area contributed by atoms with Crippen LogP contribution in [-0.4, -0.2) is 26.0 Å². The summed E-state index contributed by atoms with van der Waals surface area (Å²) in [4.78, 5) is 19.3. The van der Waals surface area contributed by atoms with Crippen LogP contribution >= 0.6 is 11.6 Å². The minimum absolute atomic E-state index is 0.0329. The Balaban J connectivity index is 1.79. The van der Waals surface area contributed by atoms with E-state index in [0.717, 1.165) is 11.1 Å². The average Bonchev–Trinajstić information content (AvgIpc) is 3.14. The second-order valence-corrected chi connectivity index (χ2v) is 6.63.